The zero-order valence-electron chi connectivity index (χ0n) is 13.0. The van der Waals surface area contributed by atoms with E-state index in [-0.39, 0.29) is 24.2 Å². The van der Waals surface area contributed by atoms with Gasteiger partial charge in [-0.15, -0.1) is 0 Å². The first-order valence-corrected chi connectivity index (χ1v) is 8.25. The van der Waals surface area contributed by atoms with Crippen LogP contribution in [0.4, 0.5) is 0 Å². The number of carboxylic acid groups (broad SMARTS) is 1. The van der Waals surface area contributed by atoms with E-state index in [1.165, 1.54) is 0 Å². The molecular weight excluding hydrogens is 326 g/mol. The number of aliphatic carboxylic acids is 1. The molecule has 1 aliphatic rings. The third-order valence-electron chi connectivity index (χ3n) is 4.30. The summed E-state index contributed by atoms with van der Waals surface area (Å²) in [6.45, 7) is 0. The van der Waals surface area contributed by atoms with Gasteiger partial charge in [-0.2, -0.15) is 0 Å². The predicted octanol–water partition coefficient (Wildman–Crippen LogP) is 3.26. The van der Waals surface area contributed by atoms with Crippen molar-refractivity contribution in [3.63, 3.8) is 0 Å². The minimum Gasteiger partial charge on any atom is -0.480 e. The van der Waals surface area contributed by atoms with Gasteiger partial charge in [0.15, 0.2) is 0 Å². The number of carbonyl (C=O) groups excluding carboxylic acids is 1. The van der Waals surface area contributed by atoms with Gasteiger partial charge in [0.25, 0.3) is 0 Å². The van der Waals surface area contributed by atoms with Crippen LogP contribution in [0, 0.1) is 5.92 Å². The number of amides is 1. The summed E-state index contributed by atoms with van der Waals surface area (Å²) >= 11 is 5.98. The SMILES string of the molecule is O=C(N[C@@H](Cc1ccccc1)C(=O)O)C1CC1c1cccc(Cl)c1. The van der Waals surface area contributed by atoms with Gasteiger partial charge in [-0.1, -0.05) is 54.1 Å². The topological polar surface area (TPSA) is 66.4 Å². The van der Waals surface area contributed by atoms with Crippen molar-refractivity contribution in [3.8, 4) is 0 Å². The molecule has 2 unspecified atom stereocenters. The molecule has 0 heterocycles. The molecule has 0 bridgehead atoms. The van der Waals surface area contributed by atoms with Gasteiger partial charge in [-0.3, -0.25) is 4.79 Å². The lowest BCUT2D eigenvalue weighted by Crippen LogP contribution is -2.43. The zero-order valence-corrected chi connectivity index (χ0v) is 13.7. The largest absolute Gasteiger partial charge is 0.480 e. The molecule has 0 aromatic heterocycles. The molecule has 3 rings (SSSR count). The minimum absolute atomic E-state index is 0.120. The quantitative estimate of drug-likeness (QED) is 0.846. The van der Waals surface area contributed by atoms with Gasteiger partial charge in [0.1, 0.15) is 6.04 Å². The number of rotatable bonds is 6. The first-order chi connectivity index (χ1) is 11.5. The Morgan fingerprint density at radius 2 is 1.92 bits per heavy atom. The molecular formula is C19H18ClNO3. The maximum Gasteiger partial charge on any atom is 0.326 e. The second kappa shape index (κ2) is 7.05. The normalized spacial score (nSPS) is 20.2. The van der Waals surface area contributed by atoms with Crippen molar-refractivity contribution in [2.75, 3.05) is 0 Å². The summed E-state index contributed by atoms with van der Waals surface area (Å²) in [4.78, 5) is 23.8. The van der Waals surface area contributed by atoms with Crippen LogP contribution in [0.2, 0.25) is 5.02 Å². The summed E-state index contributed by atoms with van der Waals surface area (Å²) in [5.41, 5.74) is 1.91. The van der Waals surface area contributed by atoms with Crippen molar-refractivity contribution < 1.29 is 14.7 Å². The van der Waals surface area contributed by atoms with E-state index in [4.69, 9.17) is 11.6 Å². The van der Waals surface area contributed by atoms with E-state index in [0.29, 0.717) is 5.02 Å². The van der Waals surface area contributed by atoms with E-state index in [9.17, 15) is 14.7 Å². The first kappa shape index (κ1) is 16.5. The number of nitrogens with one attached hydrogen (secondary N) is 1. The van der Waals surface area contributed by atoms with E-state index in [0.717, 1.165) is 17.5 Å². The van der Waals surface area contributed by atoms with Gasteiger partial charge >= 0.3 is 5.97 Å². The van der Waals surface area contributed by atoms with Crippen LogP contribution < -0.4 is 5.32 Å². The number of halogens is 1. The van der Waals surface area contributed by atoms with Gasteiger partial charge in [0, 0.05) is 17.4 Å². The lowest BCUT2D eigenvalue weighted by atomic mass is 10.1. The Bertz CT molecular complexity index is 747. The monoisotopic (exact) mass is 343 g/mol. The highest BCUT2D eigenvalue weighted by atomic mass is 35.5. The second-order valence-corrected chi connectivity index (χ2v) is 6.53. The van der Waals surface area contributed by atoms with Crippen LogP contribution in [0.1, 0.15) is 23.5 Å². The van der Waals surface area contributed by atoms with Crippen LogP contribution in [0.3, 0.4) is 0 Å². The summed E-state index contributed by atoms with van der Waals surface area (Å²) in [6.07, 6.45) is 1.00. The average molecular weight is 344 g/mol. The van der Waals surface area contributed by atoms with Gasteiger partial charge < -0.3 is 10.4 Å². The number of hydrogen-bond acceptors (Lipinski definition) is 2. The Labute approximate surface area is 145 Å². The number of carboxylic acids is 1. The standard InChI is InChI=1S/C19H18ClNO3/c20-14-8-4-7-13(10-14)15-11-16(15)18(22)21-17(19(23)24)9-12-5-2-1-3-6-12/h1-8,10,15-17H,9,11H2,(H,21,22)(H,23,24)/t15?,16?,17-/m0/s1. The van der Waals surface area contributed by atoms with Gasteiger partial charge in [-0.25, -0.2) is 4.79 Å². The van der Waals surface area contributed by atoms with Gasteiger partial charge in [0.05, 0.1) is 0 Å². The lowest BCUT2D eigenvalue weighted by Gasteiger charge is -2.14. The van der Waals surface area contributed by atoms with Crippen molar-refractivity contribution >= 4 is 23.5 Å². The molecule has 3 atom stereocenters. The predicted molar refractivity (Wildman–Crippen MR) is 92.0 cm³/mol. The minimum atomic E-state index is -1.02. The summed E-state index contributed by atoms with van der Waals surface area (Å²) in [7, 11) is 0. The van der Waals surface area contributed by atoms with Crippen molar-refractivity contribution in [1.82, 2.24) is 5.32 Å². The number of benzene rings is 2. The Hall–Kier alpha value is -2.33. The van der Waals surface area contributed by atoms with E-state index in [1.54, 1.807) is 6.07 Å². The molecule has 4 nitrogen and oxygen atoms in total. The molecule has 0 spiro atoms. The van der Waals surface area contributed by atoms with Crippen LogP contribution >= 0.6 is 11.6 Å². The van der Waals surface area contributed by atoms with Gasteiger partial charge in [0.2, 0.25) is 5.91 Å². The van der Waals surface area contributed by atoms with Crippen LogP contribution in [0.25, 0.3) is 0 Å². The van der Waals surface area contributed by atoms with E-state index in [1.807, 2.05) is 48.5 Å². The van der Waals surface area contributed by atoms with Crippen LogP contribution in [-0.2, 0) is 16.0 Å². The van der Waals surface area contributed by atoms with E-state index >= 15 is 0 Å². The molecule has 24 heavy (non-hydrogen) atoms. The van der Waals surface area contributed by atoms with Crippen molar-refractivity contribution in [2.24, 2.45) is 5.92 Å². The molecule has 2 aromatic rings. The highest BCUT2D eigenvalue weighted by Crippen LogP contribution is 2.48. The molecule has 0 radical (unpaired) electrons. The molecule has 1 amide bonds. The molecule has 5 heteroatoms. The summed E-state index contributed by atoms with van der Waals surface area (Å²) in [5, 5.41) is 12.7. The highest BCUT2D eigenvalue weighted by Gasteiger charge is 2.44. The maximum absolute atomic E-state index is 12.4. The molecule has 124 valence electrons. The van der Waals surface area contributed by atoms with Crippen molar-refractivity contribution in [1.29, 1.82) is 0 Å². The molecule has 0 saturated heterocycles. The van der Waals surface area contributed by atoms with E-state index in [2.05, 4.69) is 5.32 Å². The van der Waals surface area contributed by atoms with Crippen LogP contribution in [-0.4, -0.2) is 23.0 Å². The summed E-state index contributed by atoms with van der Waals surface area (Å²) in [6, 6.07) is 15.8. The Morgan fingerprint density at radius 3 is 2.58 bits per heavy atom. The van der Waals surface area contributed by atoms with Gasteiger partial charge in [-0.05, 0) is 35.6 Å². The second-order valence-electron chi connectivity index (χ2n) is 6.09. The zero-order chi connectivity index (χ0) is 17.1. The molecule has 1 aliphatic carbocycles. The fourth-order valence-electron chi connectivity index (χ4n) is 2.92. The average Bonchev–Trinajstić information content (AvgIpc) is 3.36. The van der Waals surface area contributed by atoms with Crippen molar-refractivity contribution in [3.05, 3.63) is 70.7 Å². The fourth-order valence-corrected chi connectivity index (χ4v) is 3.12. The Balaban J connectivity index is 1.62. The molecule has 2 N–H and O–H groups in total. The summed E-state index contributed by atoms with van der Waals surface area (Å²) in [5.74, 6) is -1.29. The first-order valence-electron chi connectivity index (χ1n) is 7.87. The maximum atomic E-state index is 12.4. The molecule has 0 aliphatic heterocycles. The Morgan fingerprint density at radius 1 is 1.17 bits per heavy atom. The fraction of sp³-hybridized carbons (Fsp3) is 0.263. The third-order valence-corrected chi connectivity index (χ3v) is 4.54. The molecule has 2 aromatic carbocycles. The van der Waals surface area contributed by atoms with Crippen molar-refractivity contribution in [2.45, 2.75) is 24.8 Å². The van der Waals surface area contributed by atoms with Crippen LogP contribution in [0.5, 0.6) is 0 Å². The van der Waals surface area contributed by atoms with E-state index < -0.39 is 12.0 Å². The smallest absolute Gasteiger partial charge is 0.326 e. The third kappa shape index (κ3) is 3.95. The summed E-state index contributed by atoms with van der Waals surface area (Å²) < 4.78 is 0. The number of hydrogen-bond donors (Lipinski definition) is 2. The highest BCUT2D eigenvalue weighted by molar-refractivity contribution is 6.30. The lowest BCUT2D eigenvalue weighted by molar-refractivity contribution is -0.142. The Kier molecular flexibility index (Phi) is 4.86. The molecule has 1 fully saturated rings. The van der Waals surface area contributed by atoms with Crippen LogP contribution in [0.15, 0.2) is 54.6 Å². The number of carbonyl (C=O) groups is 2. The molecule has 1 saturated carbocycles.